The van der Waals surface area contributed by atoms with E-state index in [-0.39, 0.29) is 5.69 Å². The fraction of sp³-hybridized carbons (Fsp3) is 0.333. The van der Waals surface area contributed by atoms with Crippen LogP contribution in [-0.4, -0.2) is 25.8 Å². The van der Waals surface area contributed by atoms with Crippen LogP contribution >= 0.6 is 0 Å². The molecule has 94 valence electrons. The molecule has 1 aliphatic rings. The molecule has 0 amide bonds. The van der Waals surface area contributed by atoms with Crippen LogP contribution in [0.2, 0.25) is 0 Å². The fourth-order valence-electron chi connectivity index (χ4n) is 1.25. The van der Waals surface area contributed by atoms with E-state index in [1.165, 1.54) is 6.07 Å². The van der Waals surface area contributed by atoms with Crippen molar-refractivity contribution in [1.29, 1.82) is 0 Å². The van der Waals surface area contributed by atoms with Crippen LogP contribution in [-0.2, 0) is 16.4 Å². The van der Waals surface area contributed by atoms with Gasteiger partial charge in [0.25, 0.3) is 0 Å². The molecular formula is C9H9F3N2O2S. The molecule has 1 aromatic carbocycles. The predicted molar refractivity (Wildman–Crippen MR) is 55.6 cm³/mol. The normalized spacial score (nSPS) is 16.9. The number of alkyl halides is 3. The van der Waals surface area contributed by atoms with Gasteiger partial charge in [0, 0.05) is 13.1 Å². The van der Waals surface area contributed by atoms with Gasteiger partial charge in [0.2, 0.25) is 0 Å². The summed E-state index contributed by atoms with van der Waals surface area (Å²) in [4.78, 5) is 0. The van der Waals surface area contributed by atoms with Crippen LogP contribution in [0.15, 0.2) is 24.3 Å². The van der Waals surface area contributed by atoms with Crippen molar-refractivity contribution < 1.29 is 21.6 Å². The Morgan fingerprint density at radius 1 is 1.24 bits per heavy atom. The Balaban J connectivity index is 2.22. The number of halogens is 3. The third-order valence-electron chi connectivity index (χ3n) is 2.18. The lowest BCUT2D eigenvalue weighted by Gasteiger charge is -2.11. The molecular weight excluding hydrogens is 257 g/mol. The molecule has 8 heteroatoms. The van der Waals surface area contributed by atoms with E-state index in [9.17, 15) is 21.6 Å². The number of nitrogens with one attached hydrogen (secondary N) is 1. The summed E-state index contributed by atoms with van der Waals surface area (Å²) < 4.78 is 63.3. The van der Waals surface area contributed by atoms with Gasteiger partial charge in [-0.05, 0) is 18.2 Å². The second-order valence-corrected chi connectivity index (χ2v) is 5.26. The van der Waals surface area contributed by atoms with E-state index in [0.29, 0.717) is 13.1 Å². The lowest BCUT2D eigenvalue weighted by atomic mass is 10.2. The van der Waals surface area contributed by atoms with Crippen LogP contribution in [0.25, 0.3) is 0 Å². The van der Waals surface area contributed by atoms with Crippen LogP contribution < -0.4 is 4.72 Å². The molecule has 2 rings (SSSR count). The second kappa shape index (κ2) is 3.88. The topological polar surface area (TPSA) is 49.2 Å². The summed E-state index contributed by atoms with van der Waals surface area (Å²) in [6.07, 6.45) is -4.48. The summed E-state index contributed by atoms with van der Waals surface area (Å²) in [6, 6.07) is 4.08. The van der Waals surface area contributed by atoms with Gasteiger partial charge in [-0.2, -0.15) is 25.9 Å². The minimum atomic E-state index is -4.48. The summed E-state index contributed by atoms with van der Waals surface area (Å²) in [5.74, 6) is 0. The van der Waals surface area contributed by atoms with Gasteiger partial charge >= 0.3 is 16.4 Å². The van der Waals surface area contributed by atoms with Gasteiger partial charge in [-0.3, -0.25) is 4.72 Å². The lowest BCUT2D eigenvalue weighted by molar-refractivity contribution is -0.137. The van der Waals surface area contributed by atoms with E-state index in [2.05, 4.69) is 4.72 Å². The molecule has 4 nitrogen and oxygen atoms in total. The molecule has 0 aliphatic carbocycles. The van der Waals surface area contributed by atoms with Gasteiger partial charge in [-0.1, -0.05) is 6.07 Å². The highest BCUT2D eigenvalue weighted by Crippen LogP contribution is 2.31. The highest BCUT2D eigenvalue weighted by atomic mass is 32.2. The molecule has 1 heterocycles. The smallest absolute Gasteiger partial charge is 0.271 e. The van der Waals surface area contributed by atoms with E-state index >= 15 is 0 Å². The van der Waals surface area contributed by atoms with Gasteiger partial charge in [-0.15, -0.1) is 0 Å². The molecule has 1 aromatic rings. The molecule has 0 atom stereocenters. The zero-order valence-corrected chi connectivity index (χ0v) is 9.35. The Hall–Kier alpha value is -1.28. The Morgan fingerprint density at radius 3 is 2.41 bits per heavy atom. The Kier molecular flexibility index (Phi) is 2.78. The van der Waals surface area contributed by atoms with Crippen molar-refractivity contribution in [2.24, 2.45) is 0 Å². The first-order valence-corrected chi connectivity index (χ1v) is 6.18. The zero-order chi connectivity index (χ0) is 12.7. The monoisotopic (exact) mass is 266 g/mol. The first-order chi connectivity index (χ1) is 7.79. The van der Waals surface area contributed by atoms with Crippen molar-refractivity contribution >= 4 is 15.9 Å². The van der Waals surface area contributed by atoms with Crippen molar-refractivity contribution in [3.05, 3.63) is 29.8 Å². The van der Waals surface area contributed by atoms with E-state index < -0.39 is 21.9 Å². The molecule has 1 fully saturated rings. The average Bonchev–Trinajstić information content (AvgIpc) is 2.99. The fourth-order valence-corrected chi connectivity index (χ4v) is 2.37. The molecule has 0 aromatic heterocycles. The van der Waals surface area contributed by atoms with Crippen LogP contribution in [0.5, 0.6) is 0 Å². The van der Waals surface area contributed by atoms with Crippen LogP contribution in [0.3, 0.4) is 0 Å². The van der Waals surface area contributed by atoms with Gasteiger partial charge in [0.05, 0.1) is 11.3 Å². The SMILES string of the molecule is O=S(=O)(Nc1cccc(C(F)(F)F)c1)N1CC1. The first-order valence-electron chi connectivity index (χ1n) is 4.74. The minimum Gasteiger partial charge on any atom is -0.271 e. The maximum Gasteiger partial charge on any atom is 0.416 e. The molecule has 1 N–H and O–H groups in total. The number of rotatable bonds is 3. The highest BCUT2D eigenvalue weighted by Gasteiger charge is 2.33. The number of hydrogen-bond acceptors (Lipinski definition) is 2. The molecule has 0 radical (unpaired) electrons. The summed E-state index contributed by atoms with van der Waals surface area (Å²) in [6.45, 7) is 0.794. The van der Waals surface area contributed by atoms with Crippen LogP contribution in [0.1, 0.15) is 5.56 Å². The van der Waals surface area contributed by atoms with Crippen LogP contribution in [0.4, 0.5) is 18.9 Å². The first kappa shape index (κ1) is 12.2. The molecule has 0 spiro atoms. The number of benzene rings is 1. The van der Waals surface area contributed by atoms with Gasteiger partial charge in [-0.25, -0.2) is 0 Å². The molecule has 0 saturated carbocycles. The van der Waals surface area contributed by atoms with Crippen molar-refractivity contribution in [3.8, 4) is 0 Å². The number of nitrogens with zero attached hydrogens (tertiary/aromatic N) is 1. The molecule has 1 saturated heterocycles. The predicted octanol–water partition coefficient (Wildman–Crippen LogP) is 1.68. The third kappa shape index (κ3) is 2.89. The Labute approximate surface area is 96.2 Å². The number of hydrogen-bond donors (Lipinski definition) is 1. The third-order valence-corrected chi connectivity index (χ3v) is 3.72. The van der Waals surface area contributed by atoms with Crippen molar-refractivity contribution in [2.75, 3.05) is 17.8 Å². The van der Waals surface area contributed by atoms with Crippen molar-refractivity contribution in [2.45, 2.75) is 6.18 Å². The molecule has 17 heavy (non-hydrogen) atoms. The summed E-state index contributed by atoms with van der Waals surface area (Å²) in [5.41, 5.74) is -0.977. The van der Waals surface area contributed by atoms with Gasteiger partial charge < -0.3 is 0 Å². The lowest BCUT2D eigenvalue weighted by Crippen LogP contribution is -2.21. The average molecular weight is 266 g/mol. The number of anilines is 1. The minimum absolute atomic E-state index is 0.0910. The van der Waals surface area contributed by atoms with E-state index in [1.807, 2.05) is 0 Å². The Morgan fingerprint density at radius 2 is 1.88 bits per heavy atom. The maximum atomic E-state index is 12.4. The van der Waals surface area contributed by atoms with Gasteiger partial charge in [0.1, 0.15) is 0 Å². The summed E-state index contributed by atoms with van der Waals surface area (Å²) >= 11 is 0. The molecule has 1 aliphatic heterocycles. The quantitative estimate of drug-likeness (QED) is 0.846. The maximum absolute atomic E-state index is 12.4. The summed E-state index contributed by atoms with van der Waals surface area (Å²) in [5, 5.41) is 0. The van der Waals surface area contributed by atoms with E-state index in [1.54, 1.807) is 0 Å². The van der Waals surface area contributed by atoms with E-state index in [0.717, 1.165) is 22.5 Å². The largest absolute Gasteiger partial charge is 0.416 e. The van der Waals surface area contributed by atoms with Crippen molar-refractivity contribution in [1.82, 2.24) is 4.31 Å². The summed E-state index contributed by atoms with van der Waals surface area (Å²) in [7, 11) is -3.69. The standard InChI is InChI=1S/C9H9F3N2O2S/c10-9(11,12)7-2-1-3-8(6-7)13-17(15,16)14-4-5-14/h1-3,6,13H,4-5H2. The van der Waals surface area contributed by atoms with Crippen molar-refractivity contribution in [3.63, 3.8) is 0 Å². The second-order valence-electron chi connectivity index (χ2n) is 3.58. The van der Waals surface area contributed by atoms with E-state index in [4.69, 9.17) is 0 Å². The van der Waals surface area contributed by atoms with Crippen LogP contribution in [0, 0.1) is 0 Å². The highest BCUT2D eigenvalue weighted by molar-refractivity contribution is 7.90. The molecule has 0 bridgehead atoms. The molecule has 0 unspecified atom stereocenters. The Bertz CT molecular complexity index is 523. The zero-order valence-electron chi connectivity index (χ0n) is 8.53. The van der Waals surface area contributed by atoms with Gasteiger partial charge in [0.15, 0.2) is 0 Å².